The molecule has 0 aromatic carbocycles. The molecule has 0 fully saturated rings. The van der Waals surface area contributed by atoms with Crippen molar-refractivity contribution in [2.24, 2.45) is 5.16 Å². The lowest BCUT2D eigenvalue weighted by molar-refractivity contribution is 0.322. The molecule has 1 rings (SSSR count). The first-order chi connectivity index (χ1) is 4.33. The van der Waals surface area contributed by atoms with Gasteiger partial charge in [-0.2, -0.15) is 0 Å². The Hall–Kier alpha value is -0.420. The van der Waals surface area contributed by atoms with E-state index in [-0.39, 0.29) is 0 Å². The summed E-state index contributed by atoms with van der Waals surface area (Å²) < 4.78 is 0.928. The fraction of sp³-hybridized carbons (Fsp3) is 0. The van der Waals surface area contributed by atoms with Crippen LogP contribution in [0.4, 0.5) is 0 Å². The minimum absolute atomic E-state index is 0.685. The van der Waals surface area contributed by atoms with Gasteiger partial charge in [0.15, 0.2) is 0 Å². The van der Waals surface area contributed by atoms with Gasteiger partial charge < -0.3 is 5.21 Å². The number of thiazole rings is 1. The lowest BCUT2D eigenvalue weighted by Gasteiger charge is -1.73. The second kappa shape index (κ2) is 2.93. The molecule has 0 aliphatic carbocycles. The number of hydrogen-bond acceptors (Lipinski definition) is 4. The highest BCUT2D eigenvalue weighted by atomic mass is 79.9. The number of halogens is 1. The molecule has 48 valence electrons. The predicted molar refractivity (Wildman–Crippen MR) is 39.2 cm³/mol. The highest BCUT2D eigenvalue weighted by Crippen LogP contribution is 2.17. The van der Waals surface area contributed by atoms with E-state index in [1.165, 1.54) is 17.6 Å². The van der Waals surface area contributed by atoms with Gasteiger partial charge in [0.05, 0.1) is 9.98 Å². The maximum Gasteiger partial charge on any atom is 0.138 e. The summed E-state index contributed by atoms with van der Waals surface area (Å²) in [4.78, 5) is 3.87. The van der Waals surface area contributed by atoms with Crippen molar-refractivity contribution in [2.45, 2.75) is 0 Å². The molecule has 1 N–H and O–H groups in total. The molecule has 0 unspecified atom stereocenters. The van der Waals surface area contributed by atoms with Crippen LogP contribution in [0.5, 0.6) is 0 Å². The highest BCUT2D eigenvalue weighted by molar-refractivity contribution is 9.11. The van der Waals surface area contributed by atoms with Gasteiger partial charge in [0.1, 0.15) is 11.2 Å². The van der Waals surface area contributed by atoms with Crippen LogP contribution in [0.15, 0.2) is 15.1 Å². The maximum atomic E-state index is 8.05. The topological polar surface area (TPSA) is 45.5 Å². The summed E-state index contributed by atoms with van der Waals surface area (Å²) in [5, 5.41) is 11.6. The molecule has 1 heterocycles. The molecule has 0 aliphatic rings. The van der Waals surface area contributed by atoms with Gasteiger partial charge in [-0.15, -0.1) is 11.3 Å². The van der Waals surface area contributed by atoms with E-state index in [4.69, 9.17) is 5.21 Å². The van der Waals surface area contributed by atoms with Gasteiger partial charge in [-0.3, -0.25) is 0 Å². The molecule has 5 heteroatoms. The fourth-order valence-electron chi connectivity index (χ4n) is 0.376. The molecule has 3 nitrogen and oxygen atoms in total. The van der Waals surface area contributed by atoms with Gasteiger partial charge in [0.2, 0.25) is 0 Å². The summed E-state index contributed by atoms with van der Waals surface area (Å²) >= 11 is 4.62. The summed E-state index contributed by atoms with van der Waals surface area (Å²) in [7, 11) is 0. The lowest BCUT2D eigenvalue weighted by Crippen LogP contribution is -1.73. The first-order valence-electron chi connectivity index (χ1n) is 2.11. The second-order valence-electron chi connectivity index (χ2n) is 1.25. The van der Waals surface area contributed by atoms with Crippen molar-refractivity contribution < 1.29 is 5.21 Å². The van der Waals surface area contributed by atoms with Gasteiger partial charge in [-0.05, 0) is 15.9 Å². The Morgan fingerprint density at radius 1 is 1.89 bits per heavy atom. The number of oxime groups is 1. The van der Waals surface area contributed by atoms with Crippen molar-refractivity contribution in [3.63, 3.8) is 0 Å². The van der Waals surface area contributed by atoms with Gasteiger partial charge in [-0.1, -0.05) is 5.16 Å². The normalized spacial score (nSPS) is 10.8. The summed E-state index contributed by atoms with van der Waals surface area (Å²) in [5.74, 6) is 0. The molecule has 0 saturated heterocycles. The van der Waals surface area contributed by atoms with Crippen molar-refractivity contribution in [1.29, 1.82) is 0 Å². The minimum atomic E-state index is 0.685. The first-order valence-corrected chi connectivity index (χ1v) is 3.72. The molecule has 0 saturated carbocycles. The average molecular weight is 207 g/mol. The zero-order valence-corrected chi connectivity index (χ0v) is 6.69. The fourth-order valence-corrected chi connectivity index (χ4v) is 1.49. The number of rotatable bonds is 1. The Bertz CT molecular complexity index is 222. The predicted octanol–water partition coefficient (Wildman–Crippen LogP) is 1.71. The third-order valence-electron chi connectivity index (χ3n) is 0.664. The largest absolute Gasteiger partial charge is 0.411 e. The lowest BCUT2D eigenvalue weighted by atomic mass is 10.8. The molecular formula is C4H3BrN2OS. The number of aromatic nitrogens is 1. The van der Waals surface area contributed by atoms with Gasteiger partial charge in [-0.25, -0.2) is 4.98 Å². The average Bonchev–Trinajstić information content (AvgIpc) is 2.17. The van der Waals surface area contributed by atoms with Crippen molar-refractivity contribution >= 4 is 33.5 Å². The van der Waals surface area contributed by atoms with Gasteiger partial charge in [0, 0.05) is 0 Å². The quantitative estimate of drug-likeness (QED) is 0.432. The summed E-state index contributed by atoms with van der Waals surface area (Å²) in [6.07, 6.45) is 2.94. The van der Waals surface area contributed by atoms with Crippen molar-refractivity contribution in [1.82, 2.24) is 4.98 Å². The molecule has 9 heavy (non-hydrogen) atoms. The van der Waals surface area contributed by atoms with Crippen LogP contribution < -0.4 is 0 Å². The molecule has 0 atom stereocenters. The Kier molecular flexibility index (Phi) is 2.18. The third kappa shape index (κ3) is 1.76. The van der Waals surface area contributed by atoms with E-state index >= 15 is 0 Å². The Labute approximate surface area is 64.2 Å². The Morgan fingerprint density at radius 2 is 2.67 bits per heavy atom. The summed E-state index contributed by atoms with van der Waals surface area (Å²) in [6.45, 7) is 0. The van der Waals surface area contributed by atoms with Crippen LogP contribution in [-0.2, 0) is 0 Å². The van der Waals surface area contributed by atoms with E-state index in [9.17, 15) is 0 Å². The zero-order valence-electron chi connectivity index (χ0n) is 4.28. The van der Waals surface area contributed by atoms with Crippen LogP contribution in [-0.4, -0.2) is 16.4 Å². The molecule has 0 bridgehead atoms. The van der Waals surface area contributed by atoms with Crippen LogP contribution in [0.25, 0.3) is 0 Å². The van der Waals surface area contributed by atoms with Crippen LogP contribution in [0.1, 0.15) is 5.01 Å². The number of hydrogen-bond donors (Lipinski definition) is 1. The minimum Gasteiger partial charge on any atom is -0.411 e. The number of nitrogens with zero attached hydrogens (tertiary/aromatic N) is 2. The van der Waals surface area contributed by atoms with Crippen LogP contribution in [0.3, 0.4) is 0 Å². The van der Waals surface area contributed by atoms with Crippen LogP contribution in [0.2, 0.25) is 0 Å². The third-order valence-corrected chi connectivity index (χ3v) is 2.07. The van der Waals surface area contributed by atoms with Gasteiger partial charge >= 0.3 is 0 Å². The molecule has 1 aromatic rings. The van der Waals surface area contributed by atoms with Crippen molar-refractivity contribution in [3.05, 3.63) is 15.0 Å². The monoisotopic (exact) mass is 206 g/mol. The molecule has 0 amide bonds. The molecule has 0 radical (unpaired) electrons. The van der Waals surface area contributed by atoms with Crippen LogP contribution >= 0.6 is 27.3 Å². The standard InChI is InChI=1S/C4H3BrN2OS/c5-3-1-6-4(9-3)2-7-8/h1-2,8H. The van der Waals surface area contributed by atoms with E-state index in [1.807, 2.05) is 0 Å². The van der Waals surface area contributed by atoms with Crippen LogP contribution in [0, 0.1) is 0 Å². The molecule has 0 aliphatic heterocycles. The maximum absolute atomic E-state index is 8.05. The van der Waals surface area contributed by atoms with E-state index in [0.717, 1.165) is 3.79 Å². The van der Waals surface area contributed by atoms with E-state index in [0.29, 0.717) is 5.01 Å². The summed E-state index contributed by atoms with van der Waals surface area (Å²) in [5.41, 5.74) is 0. The van der Waals surface area contributed by atoms with E-state index in [2.05, 4.69) is 26.1 Å². The Balaban J connectivity index is 2.85. The smallest absolute Gasteiger partial charge is 0.138 e. The van der Waals surface area contributed by atoms with E-state index in [1.54, 1.807) is 6.20 Å². The zero-order chi connectivity index (χ0) is 6.69. The molecular weight excluding hydrogens is 204 g/mol. The Morgan fingerprint density at radius 3 is 3.11 bits per heavy atom. The molecule has 0 spiro atoms. The van der Waals surface area contributed by atoms with Gasteiger partial charge in [0.25, 0.3) is 0 Å². The van der Waals surface area contributed by atoms with Crippen molar-refractivity contribution in [2.75, 3.05) is 0 Å². The summed E-state index contributed by atoms with van der Waals surface area (Å²) in [6, 6.07) is 0. The SMILES string of the molecule is ON=Cc1ncc(Br)s1. The second-order valence-corrected chi connectivity index (χ2v) is 3.69. The van der Waals surface area contributed by atoms with Crippen molar-refractivity contribution in [3.8, 4) is 0 Å². The molecule has 1 aromatic heterocycles. The highest BCUT2D eigenvalue weighted by Gasteiger charge is 1.93. The first kappa shape index (κ1) is 6.70. The van der Waals surface area contributed by atoms with E-state index < -0.39 is 0 Å².